The highest BCUT2D eigenvalue weighted by molar-refractivity contribution is 6.58. The van der Waals surface area contributed by atoms with Gasteiger partial charge in [0.05, 0.1) is 6.61 Å². The third-order valence-corrected chi connectivity index (χ3v) is 1.94. The molecule has 18 heavy (non-hydrogen) atoms. The molecule has 1 aromatic carbocycles. The molecule has 0 fully saturated rings. The van der Waals surface area contributed by atoms with Gasteiger partial charge in [0.15, 0.2) is 0 Å². The minimum absolute atomic E-state index is 0.0168. The molecule has 0 bridgehead atoms. The van der Waals surface area contributed by atoms with Crippen molar-refractivity contribution in [1.29, 1.82) is 0 Å². The molecule has 0 aromatic heterocycles. The maximum absolute atomic E-state index is 11.7. The van der Waals surface area contributed by atoms with E-state index in [1.807, 2.05) is 0 Å². The minimum Gasteiger partial charge on any atom is -0.491 e. The van der Waals surface area contributed by atoms with Crippen molar-refractivity contribution in [3.63, 3.8) is 0 Å². The van der Waals surface area contributed by atoms with Gasteiger partial charge in [-0.2, -0.15) is 13.2 Å². The number of ether oxygens (including phenoxy) is 2. The number of hydrogen-bond acceptors (Lipinski definition) is 4. The molecule has 0 unspecified atom stereocenters. The fourth-order valence-electron chi connectivity index (χ4n) is 1.14. The van der Waals surface area contributed by atoms with E-state index in [9.17, 15) is 13.2 Å². The maximum Gasteiger partial charge on any atom is 0.488 e. The van der Waals surface area contributed by atoms with Gasteiger partial charge < -0.3 is 19.5 Å². The molecule has 0 heterocycles. The van der Waals surface area contributed by atoms with Crippen molar-refractivity contribution in [2.75, 3.05) is 19.8 Å². The summed E-state index contributed by atoms with van der Waals surface area (Å²) in [6.07, 6.45) is -4.33. The molecule has 4 nitrogen and oxygen atoms in total. The molecule has 0 aliphatic rings. The lowest BCUT2D eigenvalue weighted by Gasteiger charge is -2.09. The molecule has 0 spiro atoms. The Kier molecular flexibility index (Phi) is 5.45. The fourth-order valence-corrected chi connectivity index (χ4v) is 1.14. The Hall–Kier alpha value is -1.25. The van der Waals surface area contributed by atoms with Crippen LogP contribution in [0.2, 0.25) is 0 Å². The molecule has 8 heteroatoms. The normalized spacial score (nSPS) is 11.4. The summed E-state index contributed by atoms with van der Waals surface area (Å²) in [5.41, 5.74) is 0.302. The smallest absolute Gasteiger partial charge is 0.488 e. The van der Waals surface area contributed by atoms with Crippen LogP contribution in [0.4, 0.5) is 13.2 Å². The fraction of sp³-hybridized carbons (Fsp3) is 0.400. The van der Waals surface area contributed by atoms with Gasteiger partial charge in [-0.25, -0.2) is 0 Å². The zero-order valence-electron chi connectivity index (χ0n) is 9.35. The lowest BCUT2D eigenvalue weighted by molar-refractivity contribution is -0.175. The minimum atomic E-state index is -4.33. The standard InChI is InChI=1S/C10H12BF3O4/c12-10(13,14)7-17-5-6-18-9-3-1-8(2-4-9)11(15)16/h1-4,15-16H,5-7H2. The number of halogens is 3. The third kappa shape index (κ3) is 5.90. The average molecular weight is 264 g/mol. The lowest BCUT2D eigenvalue weighted by Crippen LogP contribution is -2.29. The molecule has 0 aliphatic carbocycles. The maximum atomic E-state index is 11.7. The van der Waals surface area contributed by atoms with Crippen molar-refractivity contribution in [2.45, 2.75) is 6.18 Å². The second kappa shape index (κ2) is 6.62. The molecule has 2 N–H and O–H groups in total. The van der Waals surface area contributed by atoms with Gasteiger partial charge in [0.1, 0.15) is 19.0 Å². The number of hydrogen-bond donors (Lipinski definition) is 2. The zero-order chi connectivity index (χ0) is 13.6. The summed E-state index contributed by atoms with van der Waals surface area (Å²) in [7, 11) is -1.56. The van der Waals surface area contributed by atoms with Crippen LogP contribution in [0.5, 0.6) is 5.75 Å². The van der Waals surface area contributed by atoms with Crippen molar-refractivity contribution < 1.29 is 32.7 Å². The van der Waals surface area contributed by atoms with Crippen LogP contribution in [0, 0.1) is 0 Å². The first-order valence-corrected chi connectivity index (χ1v) is 5.12. The molecular weight excluding hydrogens is 252 g/mol. The second-order valence-electron chi connectivity index (χ2n) is 3.46. The van der Waals surface area contributed by atoms with Crippen molar-refractivity contribution in [3.05, 3.63) is 24.3 Å². The molecule has 100 valence electrons. The Labute approximate surface area is 102 Å². The number of benzene rings is 1. The second-order valence-corrected chi connectivity index (χ2v) is 3.46. The summed E-state index contributed by atoms with van der Waals surface area (Å²) in [6, 6.07) is 5.85. The van der Waals surface area contributed by atoms with E-state index < -0.39 is 19.9 Å². The monoisotopic (exact) mass is 264 g/mol. The van der Waals surface area contributed by atoms with Crippen LogP contribution in [0.3, 0.4) is 0 Å². The summed E-state index contributed by atoms with van der Waals surface area (Å²) < 4.78 is 44.6. The van der Waals surface area contributed by atoms with Gasteiger partial charge in [0.25, 0.3) is 0 Å². The van der Waals surface area contributed by atoms with Crippen LogP contribution in [-0.4, -0.2) is 43.2 Å². The largest absolute Gasteiger partial charge is 0.491 e. The Morgan fingerprint density at radius 3 is 2.17 bits per heavy atom. The Morgan fingerprint density at radius 1 is 1.06 bits per heavy atom. The summed E-state index contributed by atoms with van der Waals surface area (Å²) >= 11 is 0. The summed E-state index contributed by atoms with van der Waals surface area (Å²) in [4.78, 5) is 0. The van der Waals surface area contributed by atoms with E-state index in [4.69, 9.17) is 14.8 Å². The van der Waals surface area contributed by atoms with Crippen LogP contribution < -0.4 is 10.2 Å². The van der Waals surface area contributed by atoms with Gasteiger partial charge in [0, 0.05) is 0 Å². The summed E-state index contributed by atoms with van der Waals surface area (Å²) in [6.45, 7) is -1.49. The van der Waals surface area contributed by atoms with E-state index in [-0.39, 0.29) is 13.2 Å². The average Bonchev–Trinajstić information content (AvgIpc) is 2.27. The molecule has 1 aromatic rings. The van der Waals surface area contributed by atoms with E-state index in [0.29, 0.717) is 11.2 Å². The van der Waals surface area contributed by atoms with Crippen molar-refractivity contribution >= 4 is 12.6 Å². The van der Waals surface area contributed by atoms with Crippen LogP contribution >= 0.6 is 0 Å². The molecule has 0 saturated carbocycles. The van der Waals surface area contributed by atoms with Crippen molar-refractivity contribution in [2.24, 2.45) is 0 Å². The van der Waals surface area contributed by atoms with Crippen molar-refractivity contribution in [3.8, 4) is 5.75 Å². The quantitative estimate of drug-likeness (QED) is 0.574. The molecular formula is C10H12BF3O4. The summed E-state index contributed by atoms with van der Waals surface area (Å²) in [5.74, 6) is 0.412. The van der Waals surface area contributed by atoms with Crippen LogP contribution in [0.25, 0.3) is 0 Å². The topological polar surface area (TPSA) is 58.9 Å². The van der Waals surface area contributed by atoms with Gasteiger partial charge >= 0.3 is 13.3 Å². The molecule has 1 rings (SSSR count). The van der Waals surface area contributed by atoms with Gasteiger partial charge in [-0.3, -0.25) is 0 Å². The predicted octanol–water partition coefficient (Wildman–Crippen LogP) is 0.324. The first-order chi connectivity index (χ1) is 8.38. The van der Waals surface area contributed by atoms with E-state index in [1.165, 1.54) is 24.3 Å². The zero-order valence-corrected chi connectivity index (χ0v) is 9.35. The molecule has 0 radical (unpaired) electrons. The van der Waals surface area contributed by atoms with Crippen molar-refractivity contribution in [1.82, 2.24) is 0 Å². The van der Waals surface area contributed by atoms with E-state index >= 15 is 0 Å². The molecule has 0 saturated heterocycles. The summed E-state index contributed by atoms with van der Waals surface area (Å²) in [5, 5.41) is 17.7. The highest BCUT2D eigenvalue weighted by Gasteiger charge is 2.27. The predicted molar refractivity (Wildman–Crippen MR) is 58.6 cm³/mol. The van der Waals surface area contributed by atoms with Gasteiger partial charge in [-0.1, -0.05) is 12.1 Å². The Balaban J connectivity index is 2.23. The van der Waals surface area contributed by atoms with E-state index in [1.54, 1.807) is 0 Å². The Bertz CT molecular complexity index is 353. The third-order valence-electron chi connectivity index (χ3n) is 1.94. The van der Waals surface area contributed by atoms with Crippen LogP contribution in [0.1, 0.15) is 0 Å². The van der Waals surface area contributed by atoms with Gasteiger partial charge in [-0.15, -0.1) is 0 Å². The first kappa shape index (κ1) is 14.8. The molecule has 0 aliphatic heterocycles. The first-order valence-electron chi connectivity index (χ1n) is 5.12. The van der Waals surface area contributed by atoms with Crippen LogP contribution in [-0.2, 0) is 4.74 Å². The number of rotatable bonds is 6. The van der Waals surface area contributed by atoms with Crippen LogP contribution in [0.15, 0.2) is 24.3 Å². The molecule has 0 atom stereocenters. The number of alkyl halides is 3. The van der Waals surface area contributed by atoms with Gasteiger partial charge in [-0.05, 0) is 17.6 Å². The lowest BCUT2D eigenvalue weighted by atomic mass is 9.80. The highest BCUT2D eigenvalue weighted by atomic mass is 19.4. The van der Waals surface area contributed by atoms with E-state index in [0.717, 1.165) is 0 Å². The van der Waals surface area contributed by atoms with Gasteiger partial charge in [0.2, 0.25) is 0 Å². The highest BCUT2D eigenvalue weighted by Crippen LogP contribution is 2.14. The SMILES string of the molecule is OB(O)c1ccc(OCCOCC(F)(F)F)cc1. The molecule has 0 amide bonds. The Morgan fingerprint density at radius 2 is 1.67 bits per heavy atom. The van der Waals surface area contributed by atoms with E-state index in [2.05, 4.69) is 4.74 Å².